The highest BCUT2D eigenvalue weighted by Gasteiger charge is 2.11. The van der Waals surface area contributed by atoms with Crippen molar-refractivity contribution in [2.24, 2.45) is 0 Å². The van der Waals surface area contributed by atoms with E-state index in [0.29, 0.717) is 0 Å². The number of aromatic nitrogens is 2. The fraction of sp³-hybridized carbons (Fsp3) is 0.375. The highest BCUT2D eigenvalue weighted by atomic mass is 15.3. The van der Waals surface area contributed by atoms with Crippen LogP contribution in [0.2, 0.25) is 0 Å². The van der Waals surface area contributed by atoms with E-state index in [4.69, 9.17) is 0 Å². The van der Waals surface area contributed by atoms with Crippen molar-refractivity contribution in [1.29, 1.82) is 0 Å². The molecular formula is C8H11N4. The van der Waals surface area contributed by atoms with E-state index in [1.165, 1.54) is 0 Å². The number of anilines is 1. The van der Waals surface area contributed by atoms with Gasteiger partial charge in [-0.25, -0.2) is 9.97 Å². The maximum Gasteiger partial charge on any atom is 0.225 e. The van der Waals surface area contributed by atoms with Gasteiger partial charge in [0, 0.05) is 38.6 Å². The first-order chi connectivity index (χ1) is 5.97. The van der Waals surface area contributed by atoms with Gasteiger partial charge in [0.15, 0.2) is 0 Å². The first-order valence-electron chi connectivity index (χ1n) is 4.04. The van der Waals surface area contributed by atoms with E-state index < -0.39 is 0 Å². The predicted molar refractivity (Wildman–Crippen MR) is 46.5 cm³/mol. The van der Waals surface area contributed by atoms with Crippen LogP contribution in [0.25, 0.3) is 0 Å². The normalized spacial score (nSPS) is 17.8. The molecule has 1 aliphatic rings. The molecule has 0 spiro atoms. The van der Waals surface area contributed by atoms with Crippen LogP contribution in [0.4, 0.5) is 5.95 Å². The zero-order chi connectivity index (χ0) is 8.23. The number of piperazine rings is 1. The van der Waals surface area contributed by atoms with Gasteiger partial charge in [0.1, 0.15) is 0 Å². The molecule has 1 radical (unpaired) electrons. The molecule has 12 heavy (non-hydrogen) atoms. The van der Waals surface area contributed by atoms with Gasteiger partial charge in [-0.15, -0.1) is 0 Å². The van der Waals surface area contributed by atoms with Crippen molar-refractivity contribution in [1.82, 2.24) is 15.3 Å². The predicted octanol–water partition coefficient (Wildman–Crippen LogP) is 0.0480. The molecule has 4 heteroatoms. The Bertz CT molecular complexity index is 230. The fourth-order valence-electron chi connectivity index (χ4n) is 1.20. The number of nitrogens with zero attached hydrogens (tertiary/aromatic N) is 3. The van der Waals surface area contributed by atoms with Crippen molar-refractivity contribution < 1.29 is 0 Å². The highest BCUT2D eigenvalue weighted by Crippen LogP contribution is 2.05. The maximum absolute atomic E-state index is 4.17. The van der Waals surface area contributed by atoms with E-state index in [0.717, 1.165) is 25.6 Å². The minimum absolute atomic E-state index is 0.815. The monoisotopic (exact) mass is 163 g/mol. The minimum atomic E-state index is 0.815. The van der Waals surface area contributed by atoms with Gasteiger partial charge in [-0.1, -0.05) is 0 Å². The van der Waals surface area contributed by atoms with E-state index in [9.17, 15) is 0 Å². The third-order valence-electron chi connectivity index (χ3n) is 1.82. The van der Waals surface area contributed by atoms with Crippen molar-refractivity contribution in [3.05, 3.63) is 25.0 Å². The molecule has 2 heterocycles. The van der Waals surface area contributed by atoms with Crippen LogP contribution in [0.15, 0.2) is 18.5 Å². The Labute approximate surface area is 71.6 Å². The molecule has 1 aromatic heterocycles. The first-order valence-corrected chi connectivity index (χ1v) is 4.04. The van der Waals surface area contributed by atoms with Crippen molar-refractivity contribution in [2.45, 2.75) is 0 Å². The summed E-state index contributed by atoms with van der Waals surface area (Å²) in [4.78, 5) is 10.5. The lowest BCUT2D eigenvalue weighted by Crippen LogP contribution is -2.41. The molecule has 1 aliphatic heterocycles. The van der Waals surface area contributed by atoms with Gasteiger partial charge in [-0.05, 0) is 6.07 Å². The second-order valence-corrected chi connectivity index (χ2v) is 2.65. The molecule has 0 atom stereocenters. The van der Waals surface area contributed by atoms with E-state index in [1.807, 2.05) is 12.6 Å². The molecule has 4 nitrogen and oxygen atoms in total. The molecule has 0 aromatic carbocycles. The molecule has 0 aliphatic carbocycles. The Kier molecular flexibility index (Phi) is 2.18. The van der Waals surface area contributed by atoms with Gasteiger partial charge < -0.3 is 10.2 Å². The molecule has 0 amide bonds. The Morgan fingerprint density at radius 2 is 2.17 bits per heavy atom. The van der Waals surface area contributed by atoms with Gasteiger partial charge in [-0.3, -0.25) is 0 Å². The molecular weight excluding hydrogens is 152 g/mol. The summed E-state index contributed by atoms with van der Waals surface area (Å²) in [5, 5.41) is 3.16. The second-order valence-electron chi connectivity index (χ2n) is 2.65. The van der Waals surface area contributed by atoms with Gasteiger partial charge in [0.25, 0.3) is 0 Å². The fourth-order valence-corrected chi connectivity index (χ4v) is 1.20. The van der Waals surface area contributed by atoms with Crippen LogP contribution in [0.1, 0.15) is 0 Å². The average Bonchev–Trinajstić information content (AvgIpc) is 2.21. The summed E-state index contributed by atoms with van der Waals surface area (Å²) in [5.74, 6) is 0.815. The van der Waals surface area contributed by atoms with Gasteiger partial charge in [0.05, 0.1) is 0 Å². The smallest absolute Gasteiger partial charge is 0.225 e. The third kappa shape index (κ3) is 1.53. The standard InChI is InChI=1S/C8H11N4/c1-2-10-8(11-3-1)12-6-4-9-5-7-12/h1-4,9H,5-7H2. The molecule has 1 aromatic rings. The van der Waals surface area contributed by atoms with Gasteiger partial charge >= 0.3 is 0 Å². The Morgan fingerprint density at radius 1 is 1.33 bits per heavy atom. The van der Waals surface area contributed by atoms with Crippen molar-refractivity contribution in [3.63, 3.8) is 0 Å². The lowest BCUT2D eigenvalue weighted by Gasteiger charge is -2.26. The zero-order valence-corrected chi connectivity index (χ0v) is 6.77. The molecule has 0 saturated carbocycles. The summed E-state index contributed by atoms with van der Waals surface area (Å²) >= 11 is 0. The van der Waals surface area contributed by atoms with Crippen molar-refractivity contribution in [2.75, 3.05) is 24.5 Å². The SMILES string of the molecule is [CH]1CN(c2ncccn2)CCN1. The van der Waals surface area contributed by atoms with Crippen LogP contribution in [0.3, 0.4) is 0 Å². The van der Waals surface area contributed by atoms with Crippen LogP contribution < -0.4 is 10.2 Å². The summed E-state index contributed by atoms with van der Waals surface area (Å²) in [6, 6.07) is 1.83. The second kappa shape index (κ2) is 3.49. The maximum atomic E-state index is 4.17. The first kappa shape index (κ1) is 7.49. The van der Waals surface area contributed by atoms with Crippen LogP contribution in [0.5, 0.6) is 0 Å². The summed E-state index contributed by atoms with van der Waals surface area (Å²) in [6.45, 7) is 4.85. The Hall–Kier alpha value is -1.16. The summed E-state index contributed by atoms with van der Waals surface area (Å²) in [6.07, 6.45) is 3.54. The molecule has 2 rings (SSSR count). The largest absolute Gasteiger partial charge is 0.338 e. The summed E-state index contributed by atoms with van der Waals surface area (Å²) in [5.41, 5.74) is 0. The van der Waals surface area contributed by atoms with Crippen molar-refractivity contribution >= 4 is 5.95 Å². The summed E-state index contributed by atoms with van der Waals surface area (Å²) < 4.78 is 0. The Morgan fingerprint density at radius 3 is 2.83 bits per heavy atom. The van der Waals surface area contributed by atoms with Crippen LogP contribution in [-0.4, -0.2) is 29.6 Å². The Balaban J connectivity index is 2.08. The van der Waals surface area contributed by atoms with E-state index in [2.05, 4.69) is 20.2 Å². The quantitative estimate of drug-likeness (QED) is 0.635. The summed E-state index contributed by atoms with van der Waals surface area (Å²) in [7, 11) is 0. The molecule has 63 valence electrons. The third-order valence-corrected chi connectivity index (χ3v) is 1.82. The average molecular weight is 163 g/mol. The number of nitrogens with one attached hydrogen (secondary N) is 1. The number of hydrogen-bond acceptors (Lipinski definition) is 4. The molecule has 1 fully saturated rings. The van der Waals surface area contributed by atoms with Crippen LogP contribution >= 0.6 is 0 Å². The van der Waals surface area contributed by atoms with Crippen LogP contribution in [0, 0.1) is 6.54 Å². The number of hydrogen-bond donors (Lipinski definition) is 1. The number of rotatable bonds is 1. The van der Waals surface area contributed by atoms with Gasteiger partial charge in [0.2, 0.25) is 5.95 Å². The molecule has 1 saturated heterocycles. The van der Waals surface area contributed by atoms with Gasteiger partial charge in [-0.2, -0.15) is 0 Å². The van der Waals surface area contributed by atoms with E-state index in [-0.39, 0.29) is 0 Å². The van der Waals surface area contributed by atoms with Crippen LogP contribution in [-0.2, 0) is 0 Å². The minimum Gasteiger partial charge on any atom is -0.338 e. The lowest BCUT2D eigenvalue weighted by molar-refractivity contribution is 0.640. The highest BCUT2D eigenvalue weighted by molar-refractivity contribution is 5.29. The zero-order valence-electron chi connectivity index (χ0n) is 6.77. The molecule has 0 unspecified atom stereocenters. The molecule has 0 bridgehead atoms. The lowest BCUT2D eigenvalue weighted by atomic mass is 10.4. The van der Waals surface area contributed by atoms with E-state index in [1.54, 1.807) is 12.4 Å². The topological polar surface area (TPSA) is 41.1 Å². The van der Waals surface area contributed by atoms with Crippen molar-refractivity contribution in [3.8, 4) is 0 Å². The molecule has 1 N–H and O–H groups in total. The van der Waals surface area contributed by atoms with E-state index >= 15 is 0 Å².